The number of rotatable bonds is 16. The Balaban J connectivity index is 1.48. The van der Waals surface area contributed by atoms with Gasteiger partial charge in [0.05, 0.1) is 0 Å². The van der Waals surface area contributed by atoms with E-state index in [9.17, 15) is 0 Å². The normalized spacial score (nSPS) is 13.2. The van der Waals surface area contributed by atoms with Crippen LogP contribution in [0.5, 0.6) is 0 Å². The molecule has 0 radical (unpaired) electrons. The van der Waals surface area contributed by atoms with Gasteiger partial charge < -0.3 is 0 Å². The molecule has 0 nitrogen and oxygen atoms in total. The molecular formula is C46H64. The van der Waals surface area contributed by atoms with E-state index >= 15 is 0 Å². The van der Waals surface area contributed by atoms with Crippen LogP contribution in [0.3, 0.4) is 0 Å². The number of fused-ring (bicyclic) bond motifs is 1. The van der Waals surface area contributed by atoms with E-state index in [1.165, 1.54) is 131 Å². The van der Waals surface area contributed by atoms with E-state index < -0.39 is 0 Å². The Morgan fingerprint density at radius 3 is 1.11 bits per heavy atom. The first-order valence-corrected chi connectivity index (χ1v) is 18.7. The van der Waals surface area contributed by atoms with Gasteiger partial charge in [0.25, 0.3) is 0 Å². The summed E-state index contributed by atoms with van der Waals surface area (Å²) in [5, 5.41) is 2.86. The second kappa shape index (κ2) is 16.8. The van der Waals surface area contributed by atoms with Crippen molar-refractivity contribution >= 4 is 10.8 Å². The molecule has 0 fully saturated rings. The fraction of sp³-hybridized carbons (Fsp3) is 0.522. The number of hydrogen-bond donors (Lipinski definition) is 0. The van der Waals surface area contributed by atoms with Crippen LogP contribution < -0.4 is 0 Å². The van der Waals surface area contributed by atoms with Crippen LogP contribution in [0.25, 0.3) is 33.0 Å². The zero-order chi connectivity index (χ0) is 33.4. The Morgan fingerprint density at radius 2 is 0.783 bits per heavy atom. The lowest BCUT2D eigenvalue weighted by Crippen LogP contribution is -1.99. The maximum atomic E-state index is 2.44. The predicted octanol–water partition coefficient (Wildman–Crippen LogP) is 14.2. The summed E-state index contributed by atoms with van der Waals surface area (Å²) >= 11 is 0. The topological polar surface area (TPSA) is 0 Å². The van der Waals surface area contributed by atoms with Gasteiger partial charge in [-0.15, -0.1) is 0 Å². The van der Waals surface area contributed by atoms with E-state index in [-0.39, 0.29) is 0 Å². The summed E-state index contributed by atoms with van der Waals surface area (Å²) in [7, 11) is 0. The van der Waals surface area contributed by atoms with Crippen LogP contribution in [0.15, 0.2) is 60.7 Å². The largest absolute Gasteiger partial charge is 0.0628 e. The van der Waals surface area contributed by atoms with Crippen molar-refractivity contribution in [2.24, 2.45) is 23.7 Å². The summed E-state index contributed by atoms with van der Waals surface area (Å²) in [4.78, 5) is 0. The fourth-order valence-electron chi connectivity index (χ4n) is 7.59. The molecule has 0 heteroatoms. The average molecular weight is 617 g/mol. The highest BCUT2D eigenvalue weighted by Crippen LogP contribution is 2.40. The number of benzene rings is 4. The van der Waals surface area contributed by atoms with Crippen molar-refractivity contribution in [3.8, 4) is 22.3 Å². The van der Waals surface area contributed by atoms with Gasteiger partial charge in [0.15, 0.2) is 0 Å². The van der Waals surface area contributed by atoms with E-state index in [4.69, 9.17) is 0 Å². The van der Waals surface area contributed by atoms with Crippen molar-refractivity contribution in [1.29, 1.82) is 0 Å². The van der Waals surface area contributed by atoms with Crippen molar-refractivity contribution in [3.05, 3.63) is 94.0 Å². The van der Waals surface area contributed by atoms with Gasteiger partial charge in [-0.25, -0.2) is 0 Å². The lowest BCUT2D eigenvalue weighted by molar-refractivity contribution is 0.437. The standard InChI is InChI=1S/C46H64/c1-31(2)13-11-15-33(5)17-19-39-21-25-41(26-22-39)43-29-35(7)46-38(10)44(30-36(8)45(46)37(43)9)42-27-23-40(24-28-42)20-18-34(6)16-12-14-32(3)4/h21-34H,11-20H2,1-10H3. The molecule has 0 aliphatic heterocycles. The summed E-state index contributed by atoms with van der Waals surface area (Å²) < 4.78 is 0. The monoisotopic (exact) mass is 617 g/mol. The molecule has 46 heavy (non-hydrogen) atoms. The molecule has 0 spiro atoms. The lowest BCUT2D eigenvalue weighted by Gasteiger charge is -2.20. The maximum absolute atomic E-state index is 2.44. The lowest BCUT2D eigenvalue weighted by atomic mass is 9.84. The quantitative estimate of drug-likeness (QED) is 0.117. The minimum absolute atomic E-state index is 0.802. The predicted molar refractivity (Wildman–Crippen MR) is 206 cm³/mol. The van der Waals surface area contributed by atoms with Crippen molar-refractivity contribution < 1.29 is 0 Å². The number of hydrogen-bond acceptors (Lipinski definition) is 0. The molecule has 4 rings (SSSR count). The molecule has 2 atom stereocenters. The zero-order valence-electron chi connectivity index (χ0n) is 31.2. The molecule has 0 saturated heterocycles. The van der Waals surface area contributed by atoms with Crippen molar-refractivity contribution in [1.82, 2.24) is 0 Å². The molecule has 4 aromatic rings. The van der Waals surface area contributed by atoms with Gasteiger partial charge in [0.1, 0.15) is 0 Å². The van der Waals surface area contributed by atoms with Gasteiger partial charge >= 0.3 is 0 Å². The maximum Gasteiger partial charge on any atom is -0.0113 e. The summed E-state index contributed by atoms with van der Waals surface area (Å²) in [6, 6.07) is 23.8. The van der Waals surface area contributed by atoms with Crippen LogP contribution in [0.2, 0.25) is 0 Å². The van der Waals surface area contributed by atoms with Crippen molar-refractivity contribution in [2.45, 2.75) is 133 Å². The second-order valence-corrected chi connectivity index (χ2v) is 15.8. The minimum Gasteiger partial charge on any atom is -0.0628 e. The highest BCUT2D eigenvalue weighted by atomic mass is 14.2. The van der Waals surface area contributed by atoms with Gasteiger partial charge in [0, 0.05) is 0 Å². The van der Waals surface area contributed by atoms with Gasteiger partial charge in [0.2, 0.25) is 0 Å². The summed E-state index contributed by atoms with van der Waals surface area (Å²) in [5.41, 5.74) is 13.9. The molecule has 4 aromatic carbocycles. The van der Waals surface area contributed by atoms with E-state index in [2.05, 4.69) is 130 Å². The van der Waals surface area contributed by atoms with Gasteiger partial charge in [-0.3, -0.25) is 0 Å². The van der Waals surface area contributed by atoms with Gasteiger partial charge in [-0.05, 0) is 143 Å². The molecular weight excluding hydrogens is 553 g/mol. The summed E-state index contributed by atoms with van der Waals surface area (Å²) in [6.07, 6.45) is 13.1. The van der Waals surface area contributed by atoms with E-state index in [0.717, 1.165) is 23.7 Å². The van der Waals surface area contributed by atoms with Crippen LogP contribution in [0.4, 0.5) is 0 Å². The SMILES string of the molecule is Cc1cc(-c2ccc(CCC(C)CCCC(C)C)cc2)c(C)c2c(C)cc(-c3ccc(CCC(C)CCCC(C)C)cc3)c(C)c12. The van der Waals surface area contributed by atoms with E-state index in [1.54, 1.807) is 0 Å². The van der Waals surface area contributed by atoms with Crippen LogP contribution in [-0.2, 0) is 12.8 Å². The molecule has 0 N–H and O–H groups in total. The molecule has 0 aliphatic rings. The van der Waals surface area contributed by atoms with E-state index in [0.29, 0.717) is 0 Å². The molecule has 0 heterocycles. The zero-order valence-corrected chi connectivity index (χ0v) is 31.2. The second-order valence-electron chi connectivity index (χ2n) is 15.8. The smallest absolute Gasteiger partial charge is 0.0113 e. The Morgan fingerprint density at radius 1 is 0.435 bits per heavy atom. The third kappa shape index (κ3) is 9.59. The van der Waals surface area contributed by atoms with Gasteiger partial charge in [-0.1, -0.05) is 141 Å². The first kappa shape index (κ1) is 36.0. The van der Waals surface area contributed by atoms with Crippen LogP contribution in [0, 0.1) is 51.4 Å². The average Bonchev–Trinajstić information content (AvgIpc) is 3.02. The Bertz CT molecular complexity index is 1410. The molecule has 2 unspecified atom stereocenters. The minimum atomic E-state index is 0.802. The molecule has 248 valence electrons. The summed E-state index contributed by atoms with van der Waals surface area (Å²) in [6.45, 7) is 23.5. The first-order chi connectivity index (χ1) is 21.9. The molecule has 0 amide bonds. The van der Waals surface area contributed by atoms with Gasteiger partial charge in [-0.2, -0.15) is 0 Å². The fourth-order valence-corrected chi connectivity index (χ4v) is 7.59. The highest BCUT2D eigenvalue weighted by Gasteiger charge is 2.16. The third-order valence-corrected chi connectivity index (χ3v) is 10.7. The van der Waals surface area contributed by atoms with Crippen molar-refractivity contribution in [2.75, 3.05) is 0 Å². The van der Waals surface area contributed by atoms with E-state index in [1.807, 2.05) is 0 Å². The van der Waals surface area contributed by atoms with Crippen LogP contribution >= 0.6 is 0 Å². The molecule has 0 bridgehead atoms. The molecule has 0 saturated carbocycles. The van der Waals surface area contributed by atoms with Crippen molar-refractivity contribution in [3.63, 3.8) is 0 Å². The number of aryl methyl sites for hydroxylation is 6. The molecule has 0 aromatic heterocycles. The third-order valence-electron chi connectivity index (χ3n) is 10.7. The highest BCUT2D eigenvalue weighted by molar-refractivity contribution is 6.01. The Labute approximate surface area is 283 Å². The Kier molecular flexibility index (Phi) is 13.1. The first-order valence-electron chi connectivity index (χ1n) is 18.7. The Hall–Kier alpha value is -2.86. The van der Waals surface area contributed by atoms with Crippen LogP contribution in [0.1, 0.15) is 126 Å². The summed E-state index contributed by atoms with van der Waals surface area (Å²) in [5.74, 6) is 3.25. The molecule has 0 aliphatic carbocycles. The van der Waals surface area contributed by atoms with Crippen LogP contribution in [-0.4, -0.2) is 0 Å².